The normalized spacial score (nSPS) is 13.4. The fourth-order valence-corrected chi connectivity index (χ4v) is 2.57. The summed E-state index contributed by atoms with van der Waals surface area (Å²) in [6, 6.07) is 2.25. The Bertz CT molecular complexity index is 626. The van der Waals surface area contributed by atoms with E-state index in [1.54, 1.807) is 0 Å². The smallest absolute Gasteiger partial charge is 0.271 e. The topological polar surface area (TPSA) is 50.9 Å². The van der Waals surface area contributed by atoms with Gasteiger partial charge in [-0.15, -0.1) is 11.3 Å². The summed E-state index contributed by atoms with van der Waals surface area (Å²) >= 11 is 0.426. The van der Waals surface area contributed by atoms with Gasteiger partial charge in [0.15, 0.2) is 5.01 Å². The second-order valence-electron chi connectivity index (χ2n) is 4.22. The standard InChI is InChI=1S/C12H10F5N3S/c13-7-2-1-6(8(14)4-7)3-9(20-18)10-5-19-11(21-10)12(15,16)17/h1-2,4-5,9,20H,3,18H2. The molecule has 1 aromatic heterocycles. The first-order valence-corrected chi connectivity index (χ1v) is 6.56. The van der Waals surface area contributed by atoms with Gasteiger partial charge in [-0.05, 0) is 18.1 Å². The summed E-state index contributed by atoms with van der Waals surface area (Å²) in [5.41, 5.74) is 2.46. The van der Waals surface area contributed by atoms with Crippen LogP contribution in [0, 0.1) is 11.6 Å². The second-order valence-corrected chi connectivity index (χ2v) is 5.29. The lowest BCUT2D eigenvalue weighted by Gasteiger charge is -2.14. The van der Waals surface area contributed by atoms with Crippen molar-refractivity contribution in [1.82, 2.24) is 10.4 Å². The van der Waals surface area contributed by atoms with Crippen LogP contribution in [0.5, 0.6) is 0 Å². The number of hydrazine groups is 1. The first-order chi connectivity index (χ1) is 9.81. The summed E-state index contributed by atoms with van der Waals surface area (Å²) in [5.74, 6) is 3.79. The Labute approximate surface area is 120 Å². The van der Waals surface area contributed by atoms with E-state index in [-0.39, 0.29) is 16.9 Å². The van der Waals surface area contributed by atoms with Crippen LogP contribution in [0.1, 0.15) is 21.5 Å². The Hall–Kier alpha value is -1.58. The van der Waals surface area contributed by atoms with E-state index in [4.69, 9.17) is 5.84 Å². The summed E-state index contributed by atoms with van der Waals surface area (Å²) in [6.45, 7) is 0. The Balaban J connectivity index is 2.22. The minimum absolute atomic E-state index is 0.0257. The van der Waals surface area contributed by atoms with Gasteiger partial charge in [-0.25, -0.2) is 13.8 Å². The van der Waals surface area contributed by atoms with E-state index in [1.165, 1.54) is 6.07 Å². The molecule has 0 radical (unpaired) electrons. The maximum atomic E-state index is 13.6. The largest absolute Gasteiger partial charge is 0.443 e. The molecule has 3 N–H and O–H groups in total. The molecule has 0 aliphatic rings. The third-order valence-electron chi connectivity index (χ3n) is 2.75. The number of nitrogens with zero attached hydrogens (tertiary/aromatic N) is 1. The van der Waals surface area contributed by atoms with E-state index in [9.17, 15) is 22.0 Å². The monoisotopic (exact) mass is 323 g/mol. The van der Waals surface area contributed by atoms with E-state index < -0.39 is 28.9 Å². The van der Waals surface area contributed by atoms with Crippen LogP contribution in [0.15, 0.2) is 24.4 Å². The first kappa shape index (κ1) is 15.8. The Morgan fingerprint density at radius 1 is 1.29 bits per heavy atom. The summed E-state index contributed by atoms with van der Waals surface area (Å²) < 4.78 is 63.9. The van der Waals surface area contributed by atoms with Crippen LogP contribution in [0.3, 0.4) is 0 Å². The fraction of sp³-hybridized carbons (Fsp3) is 0.250. The zero-order chi connectivity index (χ0) is 15.6. The average molecular weight is 323 g/mol. The summed E-state index contributed by atoms with van der Waals surface area (Å²) in [7, 11) is 0. The molecule has 1 aromatic carbocycles. The van der Waals surface area contributed by atoms with Crippen LogP contribution in [-0.4, -0.2) is 4.98 Å². The predicted molar refractivity (Wildman–Crippen MR) is 67.2 cm³/mol. The van der Waals surface area contributed by atoms with Gasteiger partial charge < -0.3 is 0 Å². The summed E-state index contributed by atoms with van der Waals surface area (Å²) in [6.07, 6.45) is -3.52. The van der Waals surface area contributed by atoms with Crippen LogP contribution in [0.2, 0.25) is 0 Å². The highest BCUT2D eigenvalue weighted by atomic mass is 32.1. The molecule has 2 rings (SSSR count). The van der Waals surface area contributed by atoms with Gasteiger partial charge in [0.05, 0.1) is 6.04 Å². The van der Waals surface area contributed by atoms with Crippen molar-refractivity contribution in [2.24, 2.45) is 5.84 Å². The van der Waals surface area contributed by atoms with Gasteiger partial charge >= 0.3 is 6.18 Å². The second kappa shape index (κ2) is 6.04. The molecular weight excluding hydrogens is 313 g/mol. The summed E-state index contributed by atoms with van der Waals surface area (Å²) in [4.78, 5) is 3.49. The number of hydrogen-bond acceptors (Lipinski definition) is 4. The van der Waals surface area contributed by atoms with Gasteiger partial charge in [0.25, 0.3) is 0 Å². The third-order valence-corrected chi connectivity index (χ3v) is 3.91. The van der Waals surface area contributed by atoms with Gasteiger partial charge in [-0.3, -0.25) is 11.3 Å². The van der Waals surface area contributed by atoms with Crippen molar-refractivity contribution in [1.29, 1.82) is 0 Å². The van der Waals surface area contributed by atoms with Gasteiger partial charge in [0.1, 0.15) is 11.6 Å². The predicted octanol–water partition coefficient (Wildman–Crippen LogP) is 3.19. The molecule has 0 saturated heterocycles. The molecule has 0 bridgehead atoms. The van der Waals surface area contributed by atoms with Gasteiger partial charge in [0, 0.05) is 17.1 Å². The van der Waals surface area contributed by atoms with E-state index in [2.05, 4.69) is 10.4 Å². The molecule has 0 aliphatic carbocycles. The molecule has 21 heavy (non-hydrogen) atoms. The number of aromatic nitrogens is 1. The highest BCUT2D eigenvalue weighted by Crippen LogP contribution is 2.35. The molecular formula is C12H10F5N3S. The molecule has 0 saturated carbocycles. The molecule has 0 spiro atoms. The molecule has 3 nitrogen and oxygen atoms in total. The Kier molecular flexibility index (Phi) is 4.55. The van der Waals surface area contributed by atoms with Crippen molar-refractivity contribution >= 4 is 11.3 Å². The van der Waals surface area contributed by atoms with Crippen LogP contribution < -0.4 is 11.3 Å². The molecule has 0 amide bonds. The highest BCUT2D eigenvalue weighted by molar-refractivity contribution is 7.11. The first-order valence-electron chi connectivity index (χ1n) is 5.74. The van der Waals surface area contributed by atoms with Crippen molar-refractivity contribution in [2.75, 3.05) is 0 Å². The van der Waals surface area contributed by atoms with Gasteiger partial charge in [-0.1, -0.05) is 6.07 Å². The van der Waals surface area contributed by atoms with Crippen molar-refractivity contribution in [2.45, 2.75) is 18.6 Å². The van der Waals surface area contributed by atoms with Crippen LogP contribution in [0.25, 0.3) is 0 Å². The van der Waals surface area contributed by atoms with E-state index in [0.29, 0.717) is 17.4 Å². The average Bonchev–Trinajstić information content (AvgIpc) is 2.87. The number of halogens is 5. The maximum absolute atomic E-state index is 13.6. The molecule has 1 unspecified atom stereocenters. The van der Waals surface area contributed by atoms with Gasteiger partial charge in [0.2, 0.25) is 0 Å². The fourth-order valence-electron chi connectivity index (χ4n) is 1.73. The lowest BCUT2D eigenvalue weighted by atomic mass is 10.0. The molecule has 1 atom stereocenters. The Morgan fingerprint density at radius 3 is 2.52 bits per heavy atom. The molecule has 2 aromatic rings. The lowest BCUT2D eigenvalue weighted by molar-refractivity contribution is -0.137. The number of rotatable bonds is 4. The van der Waals surface area contributed by atoms with Crippen LogP contribution in [0.4, 0.5) is 22.0 Å². The molecule has 0 aliphatic heterocycles. The number of hydrogen-bond donors (Lipinski definition) is 2. The van der Waals surface area contributed by atoms with E-state index in [1.807, 2.05) is 0 Å². The van der Waals surface area contributed by atoms with Crippen molar-refractivity contribution in [3.8, 4) is 0 Å². The zero-order valence-electron chi connectivity index (χ0n) is 10.4. The minimum atomic E-state index is -4.54. The quantitative estimate of drug-likeness (QED) is 0.516. The molecule has 114 valence electrons. The maximum Gasteiger partial charge on any atom is 0.443 e. The van der Waals surface area contributed by atoms with Crippen molar-refractivity contribution in [3.63, 3.8) is 0 Å². The zero-order valence-corrected chi connectivity index (χ0v) is 11.2. The summed E-state index contributed by atoms with van der Waals surface area (Å²) in [5, 5.41) is -1.00. The number of alkyl halides is 3. The van der Waals surface area contributed by atoms with Crippen LogP contribution in [-0.2, 0) is 12.6 Å². The third kappa shape index (κ3) is 3.74. The SMILES string of the molecule is NNC(Cc1ccc(F)cc1F)c1cnc(C(F)(F)F)s1. The number of benzene rings is 1. The van der Waals surface area contributed by atoms with Crippen molar-refractivity contribution in [3.05, 3.63) is 51.5 Å². The number of nitrogens with one attached hydrogen (secondary N) is 1. The lowest BCUT2D eigenvalue weighted by Crippen LogP contribution is -2.29. The molecule has 0 fully saturated rings. The highest BCUT2D eigenvalue weighted by Gasteiger charge is 2.35. The Morgan fingerprint density at radius 2 is 2.00 bits per heavy atom. The van der Waals surface area contributed by atoms with E-state index >= 15 is 0 Å². The van der Waals surface area contributed by atoms with Crippen molar-refractivity contribution < 1.29 is 22.0 Å². The van der Waals surface area contributed by atoms with Gasteiger partial charge in [-0.2, -0.15) is 13.2 Å². The van der Waals surface area contributed by atoms with E-state index in [0.717, 1.165) is 12.3 Å². The minimum Gasteiger partial charge on any atom is -0.271 e. The molecule has 1 heterocycles. The number of thiazole rings is 1. The van der Waals surface area contributed by atoms with Crippen LogP contribution >= 0.6 is 11.3 Å². The number of nitrogens with two attached hydrogens (primary N) is 1. The molecule has 9 heteroatoms.